The van der Waals surface area contributed by atoms with Crippen LogP contribution in [-0.2, 0) is 29.6 Å². The molecule has 10 nitrogen and oxygen atoms in total. The van der Waals surface area contributed by atoms with E-state index in [0.29, 0.717) is 0 Å². The van der Waals surface area contributed by atoms with Gasteiger partial charge in [-0.05, 0) is 0 Å². The average Bonchev–Trinajstić information content (AvgIpc) is 2.15. The highest BCUT2D eigenvalue weighted by molar-refractivity contribution is 7.83. The smallest absolute Gasteiger partial charge is 0.217 e. The zero-order valence-corrected chi connectivity index (χ0v) is 10.5. The van der Waals surface area contributed by atoms with Gasteiger partial charge in [-0.2, -0.15) is 0 Å². The predicted molar refractivity (Wildman–Crippen MR) is 52.6 cm³/mol. The molecule has 108 valence electrons. The molecular formula is C6H11NO9S2-2. The molecule has 1 saturated heterocycles. The second-order valence-electron chi connectivity index (χ2n) is 3.63. The summed E-state index contributed by atoms with van der Waals surface area (Å²) in [5.41, 5.74) is 0. The Morgan fingerprint density at radius 2 is 1.94 bits per heavy atom. The minimum absolute atomic E-state index is 0.178. The van der Waals surface area contributed by atoms with Gasteiger partial charge in [-0.15, -0.1) is 0 Å². The van der Waals surface area contributed by atoms with Gasteiger partial charge in [-0.25, -0.2) is 21.6 Å². The van der Waals surface area contributed by atoms with Crippen LogP contribution in [0.25, 0.3) is 0 Å². The number of hydrogen-bond donors (Lipinski definition) is 2. The third kappa shape index (κ3) is 6.01. The molecule has 18 heavy (non-hydrogen) atoms. The topological polar surface area (TPSA) is 165 Å². The van der Waals surface area contributed by atoms with E-state index >= 15 is 0 Å². The van der Waals surface area contributed by atoms with Crippen LogP contribution in [0.1, 0.15) is 6.42 Å². The van der Waals surface area contributed by atoms with Crippen LogP contribution in [0.4, 0.5) is 0 Å². The molecule has 1 heterocycles. The maximum Gasteiger partial charge on any atom is 0.217 e. The Hall–Kier alpha value is -0.340. The van der Waals surface area contributed by atoms with Gasteiger partial charge in [-0.3, -0.25) is 4.18 Å². The molecule has 0 spiro atoms. The first-order valence-electron chi connectivity index (χ1n) is 4.70. The fraction of sp³-hybridized carbons (Fsp3) is 1.00. The third-order valence-electron chi connectivity index (χ3n) is 2.17. The lowest BCUT2D eigenvalue weighted by atomic mass is 10.0. The largest absolute Gasteiger partial charge is 0.735 e. The van der Waals surface area contributed by atoms with Gasteiger partial charge in [0.25, 0.3) is 0 Å². The number of aliphatic hydroxyl groups is 1. The highest BCUT2D eigenvalue weighted by Gasteiger charge is 2.31. The molecule has 0 amide bonds. The summed E-state index contributed by atoms with van der Waals surface area (Å²) in [6.45, 7) is -0.921. The normalized spacial score (nSPS) is 30.3. The Labute approximate surface area is 104 Å². The lowest BCUT2D eigenvalue weighted by Crippen LogP contribution is -2.52. The monoisotopic (exact) mass is 305 g/mol. The van der Waals surface area contributed by atoms with Crippen LogP contribution in [0.3, 0.4) is 0 Å². The van der Waals surface area contributed by atoms with E-state index in [1.54, 1.807) is 4.72 Å². The molecule has 1 aliphatic rings. The van der Waals surface area contributed by atoms with Crippen LogP contribution in [-0.4, -0.2) is 62.5 Å². The van der Waals surface area contributed by atoms with Gasteiger partial charge in [0.05, 0.1) is 31.5 Å². The first-order valence-corrected chi connectivity index (χ1v) is 7.44. The summed E-state index contributed by atoms with van der Waals surface area (Å²) < 4.78 is 72.3. The van der Waals surface area contributed by atoms with Crippen LogP contribution < -0.4 is 4.72 Å². The van der Waals surface area contributed by atoms with Crippen molar-refractivity contribution in [3.05, 3.63) is 0 Å². The molecule has 0 aromatic rings. The molecule has 2 unspecified atom stereocenters. The van der Waals surface area contributed by atoms with E-state index in [1.807, 2.05) is 0 Å². The van der Waals surface area contributed by atoms with Crippen LogP contribution in [0, 0.1) is 0 Å². The summed E-state index contributed by atoms with van der Waals surface area (Å²) in [7, 11) is -9.58. The van der Waals surface area contributed by atoms with Gasteiger partial charge in [0.15, 0.2) is 10.3 Å². The maximum absolute atomic E-state index is 10.4. The maximum atomic E-state index is 10.4. The Bertz CT molecular complexity index is 471. The van der Waals surface area contributed by atoms with Crippen molar-refractivity contribution < 1.29 is 40.0 Å². The lowest BCUT2D eigenvalue weighted by molar-refractivity contribution is -0.0759. The summed E-state index contributed by atoms with van der Waals surface area (Å²) in [6.07, 6.45) is -2.30. The Kier molecular flexibility index (Phi) is 5.02. The van der Waals surface area contributed by atoms with Crippen molar-refractivity contribution in [2.45, 2.75) is 24.7 Å². The minimum Gasteiger partial charge on any atom is -0.735 e. The predicted octanol–water partition coefficient (Wildman–Crippen LogP) is -2.97. The number of ether oxygens (including phenoxy) is 1. The van der Waals surface area contributed by atoms with Crippen molar-refractivity contribution in [2.75, 3.05) is 13.2 Å². The standard InChI is InChI=1S/C6H13NO9S2/c8-6-1-4(2-16-18(12,13)14)15-3-5(6)7-17(9,10)11/h4-8H,1-3H2,(H,9,10,11)(H,12,13,14)/p-2/t4?,5-,6?/m1/s1. The molecule has 0 bridgehead atoms. The van der Waals surface area contributed by atoms with E-state index in [9.17, 15) is 31.0 Å². The first kappa shape index (κ1) is 15.7. The average molecular weight is 305 g/mol. The van der Waals surface area contributed by atoms with Crippen molar-refractivity contribution in [1.29, 1.82) is 0 Å². The summed E-state index contributed by atoms with van der Waals surface area (Å²) in [5.74, 6) is 0. The fourth-order valence-corrected chi connectivity index (χ4v) is 2.34. The lowest BCUT2D eigenvalue weighted by Gasteiger charge is -2.34. The van der Waals surface area contributed by atoms with Crippen LogP contribution in [0.5, 0.6) is 0 Å². The van der Waals surface area contributed by atoms with Gasteiger partial charge in [0.2, 0.25) is 10.4 Å². The molecule has 0 aliphatic carbocycles. The van der Waals surface area contributed by atoms with E-state index in [2.05, 4.69) is 4.18 Å². The first-order chi connectivity index (χ1) is 8.07. The molecule has 0 radical (unpaired) electrons. The van der Waals surface area contributed by atoms with Crippen LogP contribution in [0.2, 0.25) is 0 Å². The molecule has 0 aromatic heterocycles. The Morgan fingerprint density at radius 1 is 1.33 bits per heavy atom. The summed E-state index contributed by atoms with van der Waals surface area (Å²) >= 11 is 0. The molecule has 1 rings (SSSR count). The second-order valence-corrected chi connectivity index (χ2v) is 5.83. The number of nitrogens with one attached hydrogen (secondary N) is 1. The molecule has 3 atom stereocenters. The zero-order valence-electron chi connectivity index (χ0n) is 8.88. The van der Waals surface area contributed by atoms with E-state index in [1.165, 1.54) is 0 Å². The molecule has 0 aromatic carbocycles. The van der Waals surface area contributed by atoms with Crippen molar-refractivity contribution in [3.63, 3.8) is 0 Å². The SMILES string of the molecule is O=S(=O)([O-])N[C@@H]1COC(COS(=O)(=O)[O-])CC1O. The molecule has 2 N–H and O–H groups in total. The quantitative estimate of drug-likeness (QED) is 0.398. The molecule has 1 fully saturated rings. The molecular weight excluding hydrogens is 294 g/mol. The van der Waals surface area contributed by atoms with Gasteiger partial charge >= 0.3 is 0 Å². The highest BCUT2D eigenvalue weighted by Crippen LogP contribution is 2.15. The van der Waals surface area contributed by atoms with E-state index < -0.39 is 45.6 Å². The molecule has 1 aliphatic heterocycles. The highest BCUT2D eigenvalue weighted by atomic mass is 32.3. The van der Waals surface area contributed by atoms with Gasteiger partial charge in [-0.1, -0.05) is 0 Å². The fourth-order valence-electron chi connectivity index (χ4n) is 1.43. The molecule has 12 heteroatoms. The van der Waals surface area contributed by atoms with E-state index in [0.717, 1.165) is 0 Å². The van der Waals surface area contributed by atoms with E-state index in [-0.39, 0.29) is 13.0 Å². The zero-order chi connectivity index (χ0) is 14.0. The Balaban J connectivity index is 2.46. The van der Waals surface area contributed by atoms with Gasteiger partial charge in [0, 0.05) is 6.42 Å². The number of aliphatic hydroxyl groups excluding tert-OH is 1. The molecule has 0 saturated carbocycles. The van der Waals surface area contributed by atoms with Crippen molar-refractivity contribution >= 4 is 20.7 Å². The number of rotatable bonds is 5. The van der Waals surface area contributed by atoms with Gasteiger partial charge < -0.3 is 18.9 Å². The van der Waals surface area contributed by atoms with Crippen molar-refractivity contribution in [1.82, 2.24) is 4.72 Å². The van der Waals surface area contributed by atoms with Crippen LogP contribution in [0.15, 0.2) is 0 Å². The third-order valence-corrected chi connectivity index (χ3v) is 3.19. The van der Waals surface area contributed by atoms with Crippen molar-refractivity contribution in [2.24, 2.45) is 0 Å². The summed E-state index contributed by atoms with van der Waals surface area (Å²) in [5, 5.41) is 9.50. The Morgan fingerprint density at radius 3 is 2.39 bits per heavy atom. The van der Waals surface area contributed by atoms with E-state index in [4.69, 9.17) is 4.74 Å². The minimum atomic E-state index is -4.86. The van der Waals surface area contributed by atoms with Gasteiger partial charge in [0.1, 0.15) is 0 Å². The second kappa shape index (κ2) is 5.75. The number of hydrogen-bond acceptors (Lipinski definition) is 9. The van der Waals surface area contributed by atoms with Crippen molar-refractivity contribution in [3.8, 4) is 0 Å². The summed E-state index contributed by atoms with van der Waals surface area (Å²) in [4.78, 5) is 0. The summed E-state index contributed by atoms with van der Waals surface area (Å²) in [6, 6.07) is -1.12. The van der Waals surface area contributed by atoms with Crippen LogP contribution >= 0.6 is 0 Å².